The number of nitriles is 1. The van der Waals surface area contributed by atoms with Crippen LogP contribution in [-0.2, 0) is 9.05 Å². The first kappa shape index (κ1) is 11.1. The lowest BCUT2D eigenvalue weighted by atomic mass is 10.2. The van der Waals surface area contributed by atoms with Crippen molar-refractivity contribution in [3.63, 3.8) is 0 Å². The molecule has 0 unspecified atom stereocenters. The molecule has 7 heteroatoms. The van der Waals surface area contributed by atoms with Gasteiger partial charge in [-0.25, -0.2) is 8.42 Å². The molecule has 0 heterocycles. The van der Waals surface area contributed by atoms with Crippen molar-refractivity contribution in [1.82, 2.24) is 0 Å². The highest BCUT2D eigenvalue weighted by Crippen LogP contribution is 2.34. The minimum absolute atomic E-state index is 0.0660. The average Bonchev–Trinajstić information content (AvgIpc) is 2.02. The van der Waals surface area contributed by atoms with E-state index >= 15 is 0 Å². The van der Waals surface area contributed by atoms with E-state index in [1.807, 2.05) is 0 Å². The number of hydrogen-bond donors (Lipinski definition) is 1. The molecule has 74 valence electrons. The third-order valence-corrected chi connectivity index (χ3v) is 3.31. The Bertz CT molecular complexity index is 518. The average molecular weight is 252 g/mol. The van der Waals surface area contributed by atoms with Gasteiger partial charge in [0.05, 0.1) is 10.6 Å². The molecule has 0 atom stereocenters. The number of aromatic hydroxyl groups is 1. The molecular weight excluding hydrogens is 249 g/mol. The summed E-state index contributed by atoms with van der Waals surface area (Å²) in [4.78, 5) is -0.639. The Labute approximate surface area is 89.7 Å². The molecule has 0 radical (unpaired) electrons. The van der Waals surface area contributed by atoms with Crippen LogP contribution in [0.15, 0.2) is 17.0 Å². The molecular formula is C7H3Cl2NO3S. The number of benzene rings is 1. The van der Waals surface area contributed by atoms with Crippen molar-refractivity contribution in [2.75, 3.05) is 0 Å². The third kappa shape index (κ3) is 1.93. The third-order valence-electron chi connectivity index (χ3n) is 1.44. The van der Waals surface area contributed by atoms with Gasteiger partial charge in [-0.1, -0.05) is 11.6 Å². The summed E-state index contributed by atoms with van der Waals surface area (Å²) in [6.07, 6.45) is 0. The van der Waals surface area contributed by atoms with Gasteiger partial charge in [0.1, 0.15) is 16.7 Å². The van der Waals surface area contributed by atoms with E-state index in [1.165, 1.54) is 6.07 Å². The number of phenolic OH excluding ortho intramolecular Hbond substituents is 1. The zero-order valence-electron chi connectivity index (χ0n) is 6.53. The first-order chi connectivity index (χ1) is 6.38. The second kappa shape index (κ2) is 3.65. The predicted octanol–water partition coefficient (Wildman–Crippen LogP) is 1.84. The van der Waals surface area contributed by atoms with Crippen LogP contribution in [0.4, 0.5) is 0 Å². The minimum Gasteiger partial charge on any atom is -0.506 e. The maximum absolute atomic E-state index is 11.0. The van der Waals surface area contributed by atoms with Crippen LogP contribution in [0, 0.1) is 11.3 Å². The topological polar surface area (TPSA) is 78.2 Å². The fraction of sp³-hybridized carbons (Fsp3) is 0. The zero-order chi connectivity index (χ0) is 10.9. The summed E-state index contributed by atoms with van der Waals surface area (Å²) in [5.41, 5.74) is -0.0660. The molecule has 1 N–H and O–H groups in total. The molecule has 0 aliphatic rings. The van der Waals surface area contributed by atoms with Crippen LogP contribution in [-0.4, -0.2) is 13.5 Å². The van der Waals surface area contributed by atoms with E-state index in [9.17, 15) is 13.5 Å². The smallest absolute Gasteiger partial charge is 0.266 e. The Hall–Kier alpha value is -0.960. The Morgan fingerprint density at radius 2 is 2.00 bits per heavy atom. The van der Waals surface area contributed by atoms with E-state index in [-0.39, 0.29) is 10.6 Å². The lowest BCUT2D eigenvalue weighted by molar-refractivity contribution is 0.459. The van der Waals surface area contributed by atoms with Gasteiger partial charge in [-0.05, 0) is 12.1 Å². The fourth-order valence-corrected chi connectivity index (χ4v) is 2.60. The summed E-state index contributed by atoms with van der Waals surface area (Å²) in [7, 11) is 0.859. The van der Waals surface area contributed by atoms with Crippen LogP contribution >= 0.6 is 22.3 Å². The summed E-state index contributed by atoms with van der Waals surface area (Å²) in [6.45, 7) is 0. The maximum atomic E-state index is 11.0. The van der Waals surface area contributed by atoms with Gasteiger partial charge in [-0.2, -0.15) is 5.26 Å². The Morgan fingerprint density at radius 1 is 1.43 bits per heavy atom. The van der Waals surface area contributed by atoms with Gasteiger partial charge in [-0.15, -0.1) is 0 Å². The molecule has 4 nitrogen and oxygen atoms in total. The molecule has 14 heavy (non-hydrogen) atoms. The summed E-state index contributed by atoms with van der Waals surface area (Å²) >= 11 is 5.55. The first-order valence-electron chi connectivity index (χ1n) is 3.24. The Balaban J connectivity index is 3.68. The summed E-state index contributed by atoms with van der Waals surface area (Å²) in [5, 5.41) is 17.4. The van der Waals surface area contributed by atoms with Gasteiger partial charge in [-0.3, -0.25) is 0 Å². The number of halogens is 2. The van der Waals surface area contributed by atoms with Crippen molar-refractivity contribution < 1.29 is 13.5 Å². The molecule has 0 saturated carbocycles. The second-order valence-corrected chi connectivity index (χ2v) is 5.21. The highest BCUT2D eigenvalue weighted by atomic mass is 35.7. The molecule has 0 aliphatic carbocycles. The molecule has 1 aromatic rings. The number of hydrogen-bond acceptors (Lipinski definition) is 4. The van der Waals surface area contributed by atoms with Crippen LogP contribution in [0.1, 0.15) is 5.56 Å². The van der Waals surface area contributed by atoms with Crippen molar-refractivity contribution in [1.29, 1.82) is 5.26 Å². The molecule has 0 bridgehead atoms. The molecule has 0 saturated heterocycles. The summed E-state index contributed by atoms with van der Waals surface area (Å²) in [6, 6.07) is 3.91. The van der Waals surface area contributed by atoms with Gasteiger partial charge >= 0.3 is 0 Å². The van der Waals surface area contributed by atoms with E-state index < -0.39 is 19.7 Å². The van der Waals surface area contributed by atoms with Gasteiger partial charge in [0.15, 0.2) is 0 Å². The SMILES string of the molecule is N#Cc1ccc(O)c(S(=O)(=O)Cl)c1Cl. The van der Waals surface area contributed by atoms with Crippen molar-refractivity contribution in [3.8, 4) is 11.8 Å². The minimum atomic E-state index is -4.16. The van der Waals surface area contributed by atoms with E-state index in [1.54, 1.807) is 6.07 Å². The summed E-state index contributed by atoms with van der Waals surface area (Å²) in [5.74, 6) is -0.580. The first-order valence-corrected chi connectivity index (χ1v) is 5.93. The van der Waals surface area contributed by atoms with Crippen LogP contribution in [0.3, 0.4) is 0 Å². The molecule has 1 rings (SSSR count). The van der Waals surface area contributed by atoms with Gasteiger partial charge < -0.3 is 5.11 Å². The van der Waals surface area contributed by atoms with E-state index in [2.05, 4.69) is 0 Å². The lowest BCUT2D eigenvalue weighted by Gasteiger charge is -2.03. The predicted molar refractivity (Wildman–Crippen MR) is 50.9 cm³/mol. The van der Waals surface area contributed by atoms with Gasteiger partial charge in [0.2, 0.25) is 0 Å². The largest absolute Gasteiger partial charge is 0.506 e. The van der Waals surface area contributed by atoms with Crippen LogP contribution in [0.5, 0.6) is 5.75 Å². The standard InChI is InChI=1S/C7H3Cl2NO3S/c8-6-4(3-10)1-2-5(11)7(6)14(9,12)13/h1-2,11H. The number of nitrogens with zero attached hydrogens (tertiary/aromatic N) is 1. The Kier molecular flexibility index (Phi) is 2.90. The molecule has 0 fully saturated rings. The highest BCUT2D eigenvalue weighted by Gasteiger charge is 2.22. The molecule has 0 aliphatic heterocycles. The normalized spacial score (nSPS) is 10.9. The van der Waals surface area contributed by atoms with Crippen molar-refractivity contribution in [2.45, 2.75) is 4.90 Å². The van der Waals surface area contributed by atoms with E-state index in [4.69, 9.17) is 27.5 Å². The molecule has 0 aromatic heterocycles. The van der Waals surface area contributed by atoms with E-state index in [0.717, 1.165) is 6.07 Å². The molecule has 0 amide bonds. The van der Waals surface area contributed by atoms with Gasteiger partial charge in [0.25, 0.3) is 9.05 Å². The van der Waals surface area contributed by atoms with Gasteiger partial charge in [0, 0.05) is 10.7 Å². The molecule has 0 spiro atoms. The van der Waals surface area contributed by atoms with Crippen molar-refractivity contribution >= 4 is 31.3 Å². The van der Waals surface area contributed by atoms with E-state index in [0.29, 0.717) is 0 Å². The molecule has 1 aromatic carbocycles. The number of phenols is 1. The number of rotatable bonds is 1. The van der Waals surface area contributed by atoms with Crippen LogP contribution in [0.2, 0.25) is 5.02 Å². The maximum Gasteiger partial charge on any atom is 0.266 e. The zero-order valence-corrected chi connectivity index (χ0v) is 8.86. The van der Waals surface area contributed by atoms with Crippen LogP contribution < -0.4 is 0 Å². The van der Waals surface area contributed by atoms with Crippen molar-refractivity contribution in [2.24, 2.45) is 0 Å². The van der Waals surface area contributed by atoms with Crippen LogP contribution in [0.25, 0.3) is 0 Å². The summed E-state index contributed by atoms with van der Waals surface area (Å²) < 4.78 is 21.9. The fourth-order valence-electron chi connectivity index (χ4n) is 0.864. The van der Waals surface area contributed by atoms with Crippen molar-refractivity contribution in [3.05, 3.63) is 22.7 Å². The highest BCUT2D eigenvalue weighted by molar-refractivity contribution is 8.14. The quantitative estimate of drug-likeness (QED) is 0.773. The second-order valence-electron chi connectivity index (χ2n) is 2.33. The lowest BCUT2D eigenvalue weighted by Crippen LogP contribution is -1.94. The Morgan fingerprint density at radius 3 is 2.43 bits per heavy atom. The monoisotopic (exact) mass is 251 g/mol.